The standard InChI is InChI=1S/C21H23N3O6/c1-29-18-9-8-17(24(27)28)12-19(18)30-14-20(25)22-13-15-4-6-16(7-5-15)21(26)23-10-2-3-11-23/h4-9,12H,2-3,10-11,13-14H2,1H3,(H,22,25). The Morgan fingerprint density at radius 3 is 2.43 bits per heavy atom. The van der Waals surface area contributed by atoms with Gasteiger partial charge in [-0.25, -0.2) is 0 Å². The molecule has 0 unspecified atom stereocenters. The van der Waals surface area contributed by atoms with Gasteiger partial charge in [0, 0.05) is 31.3 Å². The highest BCUT2D eigenvalue weighted by molar-refractivity contribution is 5.94. The minimum Gasteiger partial charge on any atom is -0.493 e. The van der Waals surface area contributed by atoms with Gasteiger partial charge in [0.1, 0.15) is 0 Å². The molecule has 0 atom stereocenters. The number of rotatable bonds is 8. The van der Waals surface area contributed by atoms with Crippen molar-refractivity contribution in [3.05, 3.63) is 63.7 Å². The van der Waals surface area contributed by atoms with Crippen molar-refractivity contribution in [1.29, 1.82) is 0 Å². The number of nitrogens with zero attached hydrogens (tertiary/aromatic N) is 2. The topological polar surface area (TPSA) is 111 Å². The van der Waals surface area contributed by atoms with Gasteiger partial charge in [0.2, 0.25) is 0 Å². The first-order chi connectivity index (χ1) is 14.5. The third-order valence-electron chi connectivity index (χ3n) is 4.80. The lowest BCUT2D eigenvalue weighted by atomic mass is 10.1. The summed E-state index contributed by atoms with van der Waals surface area (Å²) < 4.78 is 10.5. The van der Waals surface area contributed by atoms with Crippen LogP contribution in [0.5, 0.6) is 11.5 Å². The largest absolute Gasteiger partial charge is 0.493 e. The Labute approximate surface area is 173 Å². The van der Waals surface area contributed by atoms with Crippen molar-refractivity contribution >= 4 is 17.5 Å². The maximum atomic E-state index is 12.3. The van der Waals surface area contributed by atoms with Crippen molar-refractivity contribution in [2.45, 2.75) is 19.4 Å². The number of ether oxygens (including phenoxy) is 2. The van der Waals surface area contributed by atoms with Gasteiger partial charge < -0.3 is 19.7 Å². The number of benzene rings is 2. The van der Waals surface area contributed by atoms with Crippen LogP contribution in [0.4, 0.5) is 5.69 Å². The summed E-state index contributed by atoms with van der Waals surface area (Å²) in [5, 5.41) is 13.6. The average Bonchev–Trinajstić information content (AvgIpc) is 3.30. The number of amides is 2. The fourth-order valence-electron chi connectivity index (χ4n) is 3.15. The molecule has 3 rings (SSSR count). The maximum absolute atomic E-state index is 12.3. The Bertz CT molecular complexity index is 923. The van der Waals surface area contributed by atoms with E-state index in [9.17, 15) is 19.7 Å². The quantitative estimate of drug-likeness (QED) is 0.526. The lowest BCUT2D eigenvalue weighted by Crippen LogP contribution is -2.29. The van der Waals surface area contributed by atoms with Gasteiger partial charge in [-0.05, 0) is 36.6 Å². The van der Waals surface area contributed by atoms with E-state index in [-0.39, 0.29) is 36.4 Å². The highest BCUT2D eigenvalue weighted by Gasteiger charge is 2.19. The van der Waals surface area contributed by atoms with Crippen LogP contribution in [-0.2, 0) is 11.3 Å². The predicted octanol–water partition coefficient (Wildman–Crippen LogP) is 2.53. The summed E-state index contributed by atoms with van der Waals surface area (Å²) in [4.78, 5) is 36.6. The zero-order chi connectivity index (χ0) is 21.5. The van der Waals surface area contributed by atoms with Crippen LogP contribution in [0.2, 0.25) is 0 Å². The van der Waals surface area contributed by atoms with Gasteiger partial charge in [-0.1, -0.05) is 12.1 Å². The molecule has 2 amide bonds. The van der Waals surface area contributed by atoms with E-state index in [1.54, 1.807) is 24.3 Å². The Hall–Kier alpha value is -3.62. The predicted molar refractivity (Wildman–Crippen MR) is 109 cm³/mol. The molecule has 1 saturated heterocycles. The highest BCUT2D eigenvalue weighted by Crippen LogP contribution is 2.31. The number of nitro groups is 1. The van der Waals surface area contributed by atoms with Crippen molar-refractivity contribution < 1.29 is 24.0 Å². The molecule has 0 aromatic heterocycles. The van der Waals surface area contributed by atoms with Crippen LogP contribution < -0.4 is 14.8 Å². The molecule has 1 aliphatic rings. The Balaban J connectivity index is 1.50. The van der Waals surface area contributed by atoms with Crippen LogP contribution >= 0.6 is 0 Å². The second-order valence-corrected chi connectivity index (χ2v) is 6.85. The zero-order valence-electron chi connectivity index (χ0n) is 16.6. The van der Waals surface area contributed by atoms with Crippen molar-refractivity contribution in [1.82, 2.24) is 10.2 Å². The number of likely N-dealkylation sites (tertiary alicyclic amines) is 1. The Morgan fingerprint density at radius 2 is 1.80 bits per heavy atom. The molecule has 9 nitrogen and oxygen atoms in total. The highest BCUT2D eigenvalue weighted by atomic mass is 16.6. The number of non-ortho nitro benzene ring substituents is 1. The lowest BCUT2D eigenvalue weighted by Gasteiger charge is -2.15. The van der Waals surface area contributed by atoms with E-state index in [0.29, 0.717) is 11.3 Å². The molecule has 1 N–H and O–H groups in total. The number of nitro benzene ring substituents is 1. The van der Waals surface area contributed by atoms with Gasteiger partial charge in [0.25, 0.3) is 17.5 Å². The molecule has 1 aliphatic heterocycles. The van der Waals surface area contributed by atoms with Crippen LogP contribution in [0.15, 0.2) is 42.5 Å². The molecule has 30 heavy (non-hydrogen) atoms. The summed E-state index contributed by atoms with van der Waals surface area (Å²) in [5.74, 6) is 0.0569. The van der Waals surface area contributed by atoms with Crippen LogP contribution in [0.3, 0.4) is 0 Å². The van der Waals surface area contributed by atoms with E-state index in [2.05, 4.69) is 5.32 Å². The third-order valence-corrected chi connectivity index (χ3v) is 4.80. The van der Waals surface area contributed by atoms with E-state index in [1.807, 2.05) is 4.90 Å². The summed E-state index contributed by atoms with van der Waals surface area (Å²) in [6.45, 7) is 1.55. The molecular formula is C21H23N3O6. The van der Waals surface area contributed by atoms with Crippen molar-refractivity contribution in [2.75, 3.05) is 26.8 Å². The number of carbonyl (C=O) groups is 2. The third kappa shape index (κ3) is 5.25. The van der Waals surface area contributed by atoms with E-state index in [0.717, 1.165) is 31.5 Å². The van der Waals surface area contributed by atoms with Gasteiger partial charge in [0.15, 0.2) is 18.1 Å². The minimum absolute atomic E-state index is 0.0300. The summed E-state index contributed by atoms with van der Waals surface area (Å²) in [6.07, 6.45) is 2.08. The number of hydrogen-bond donors (Lipinski definition) is 1. The van der Waals surface area contributed by atoms with Gasteiger partial charge in [-0.2, -0.15) is 0 Å². The molecule has 0 spiro atoms. The monoisotopic (exact) mass is 413 g/mol. The number of carbonyl (C=O) groups excluding carboxylic acids is 2. The van der Waals surface area contributed by atoms with Crippen LogP contribution in [0, 0.1) is 10.1 Å². The maximum Gasteiger partial charge on any atom is 0.273 e. The van der Waals surface area contributed by atoms with Crippen molar-refractivity contribution in [2.24, 2.45) is 0 Å². The number of hydrogen-bond acceptors (Lipinski definition) is 6. The SMILES string of the molecule is COc1ccc([N+](=O)[O-])cc1OCC(=O)NCc1ccc(C(=O)N2CCCC2)cc1. The van der Waals surface area contributed by atoms with Crippen LogP contribution in [0.1, 0.15) is 28.8 Å². The van der Waals surface area contributed by atoms with Crippen LogP contribution in [-0.4, -0.2) is 48.4 Å². The van der Waals surface area contributed by atoms with E-state index >= 15 is 0 Å². The first-order valence-corrected chi connectivity index (χ1v) is 9.58. The van der Waals surface area contributed by atoms with Gasteiger partial charge >= 0.3 is 0 Å². The summed E-state index contributed by atoms with van der Waals surface area (Å²) in [7, 11) is 1.41. The molecule has 2 aromatic rings. The molecule has 0 radical (unpaired) electrons. The number of methoxy groups -OCH3 is 1. The first-order valence-electron chi connectivity index (χ1n) is 9.58. The molecule has 2 aromatic carbocycles. The van der Waals surface area contributed by atoms with E-state index < -0.39 is 4.92 Å². The van der Waals surface area contributed by atoms with Crippen molar-refractivity contribution in [3.8, 4) is 11.5 Å². The van der Waals surface area contributed by atoms with Gasteiger partial charge in [0.05, 0.1) is 18.1 Å². The van der Waals surface area contributed by atoms with Crippen LogP contribution in [0.25, 0.3) is 0 Å². The van der Waals surface area contributed by atoms with E-state index in [1.165, 1.54) is 25.3 Å². The molecule has 0 saturated carbocycles. The smallest absolute Gasteiger partial charge is 0.273 e. The summed E-state index contributed by atoms with van der Waals surface area (Å²) in [6, 6.07) is 11.0. The normalized spacial score (nSPS) is 13.0. The minimum atomic E-state index is -0.551. The molecule has 0 bridgehead atoms. The van der Waals surface area contributed by atoms with Gasteiger partial charge in [-0.3, -0.25) is 19.7 Å². The molecule has 0 aliphatic carbocycles. The van der Waals surface area contributed by atoms with Gasteiger partial charge in [-0.15, -0.1) is 0 Å². The Kier molecular flexibility index (Phi) is 6.84. The summed E-state index contributed by atoms with van der Waals surface area (Å²) in [5.41, 5.74) is 1.32. The average molecular weight is 413 g/mol. The second kappa shape index (κ2) is 9.73. The lowest BCUT2D eigenvalue weighted by molar-refractivity contribution is -0.385. The van der Waals surface area contributed by atoms with E-state index in [4.69, 9.17) is 9.47 Å². The molecule has 9 heteroatoms. The first kappa shape index (κ1) is 21.1. The fourth-order valence-corrected chi connectivity index (χ4v) is 3.15. The molecule has 1 fully saturated rings. The Morgan fingerprint density at radius 1 is 1.10 bits per heavy atom. The molecule has 1 heterocycles. The molecule has 158 valence electrons. The zero-order valence-corrected chi connectivity index (χ0v) is 16.6. The fraction of sp³-hybridized carbons (Fsp3) is 0.333. The molecular weight excluding hydrogens is 390 g/mol. The summed E-state index contributed by atoms with van der Waals surface area (Å²) >= 11 is 0. The second-order valence-electron chi connectivity index (χ2n) is 6.85. The van der Waals surface area contributed by atoms with Crippen molar-refractivity contribution in [3.63, 3.8) is 0 Å². The number of nitrogens with one attached hydrogen (secondary N) is 1.